The first kappa shape index (κ1) is 19.8. The first-order valence-corrected chi connectivity index (χ1v) is 9.19. The molecule has 0 bridgehead atoms. The highest BCUT2D eigenvalue weighted by atomic mass is 16.3. The Balaban J connectivity index is 1.50. The van der Waals surface area contributed by atoms with E-state index in [4.69, 9.17) is 4.42 Å². The molecule has 2 rings (SSSR count). The fourth-order valence-corrected chi connectivity index (χ4v) is 2.85. The van der Waals surface area contributed by atoms with Gasteiger partial charge in [-0.05, 0) is 31.1 Å². The van der Waals surface area contributed by atoms with Gasteiger partial charge in [-0.25, -0.2) is 0 Å². The van der Waals surface area contributed by atoms with Gasteiger partial charge in [0.15, 0.2) is 0 Å². The van der Waals surface area contributed by atoms with Crippen LogP contribution in [0.2, 0.25) is 0 Å². The lowest BCUT2D eigenvalue weighted by atomic mass is 9.95. The van der Waals surface area contributed by atoms with Crippen molar-refractivity contribution in [3.63, 3.8) is 0 Å². The molecule has 1 aromatic rings. The molecule has 3 amide bonds. The number of carbonyl (C=O) groups is 3. The largest absolute Gasteiger partial charge is 0.465 e. The molecule has 1 heterocycles. The molecule has 0 aromatic carbocycles. The Labute approximate surface area is 153 Å². The summed E-state index contributed by atoms with van der Waals surface area (Å²) in [4.78, 5) is 35.1. The Kier molecular flexibility index (Phi) is 8.45. The van der Waals surface area contributed by atoms with Crippen molar-refractivity contribution >= 4 is 23.8 Å². The molecule has 1 aliphatic carbocycles. The summed E-state index contributed by atoms with van der Waals surface area (Å²) < 4.78 is 5.07. The van der Waals surface area contributed by atoms with Crippen LogP contribution in [0.5, 0.6) is 0 Å². The predicted octanol–water partition coefficient (Wildman–Crippen LogP) is 1.75. The highest BCUT2D eigenvalue weighted by Crippen LogP contribution is 2.17. The van der Waals surface area contributed by atoms with E-state index >= 15 is 0 Å². The van der Waals surface area contributed by atoms with Crippen LogP contribution < -0.4 is 16.0 Å². The van der Waals surface area contributed by atoms with Crippen molar-refractivity contribution in [1.82, 2.24) is 16.0 Å². The molecule has 0 spiro atoms. The molecular weight excluding hydrogens is 334 g/mol. The first-order valence-electron chi connectivity index (χ1n) is 9.19. The third kappa shape index (κ3) is 8.00. The molecule has 26 heavy (non-hydrogen) atoms. The van der Waals surface area contributed by atoms with Crippen LogP contribution in [0, 0.1) is 0 Å². The molecule has 0 radical (unpaired) electrons. The molecule has 142 valence electrons. The molecule has 0 saturated heterocycles. The third-order valence-electron chi connectivity index (χ3n) is 4.24. The van der Waals surface area contributed by atoms with Crippen LogP contribution in [0.4, 0.5) is 0 Å². The fraction of sp³-hybridized carbons (Fsp3) is 0.526. The van der Waals surface area contributed by atoms with E-state index < -0.39 is 0 Å². The number of amides is 3. The molecule has 3 N–H and O–H groups in total. The monoisotopic (exact) mass is 361 g/mol. The topological polar surface area (TPSA) is 100 Å². The van der Waals surface area contributed by atoms with Crippen LogP contribution in [0.25, 0.3) is 6.08 Å². The van der Waals surface area contributed by atoms with Crippen LogP contribution in [-0.2, 0) is 14.4 Å². The minimum absolute atomic E-state index is 0.0198. The van der Waals surface area contributed by atoms with Crippen LogP contribution >= 0.6 is 0 Å². The molecule has 7 nitrogen and oxygen atoms in total. The van der Waals surface area contributed by atoms with Crippen molar-refractivity contribution in [2.24, 2.45) is 0 Å². The van der Waals surface area contributed by atoms with Gasteiger partial charge in [-0.15, -0.1) is 0 Å². The maximum Gasteiger partial charge on any atom is 0.244 e. The summed E-state index contributed by atoms with van der Waals surface area (Å²) in [6, 6.07) is 3.76. The van der Waals surface area contributed by atoms with Gasteiger partial charge in [-0.3, -0.25) is 14.4 Å². The Hall–Kier alpha value is -2.57. The number of carbonyl (C=O) groups excluding carboxylic acids is 3. The number of hydrogen-bond donors (Lipinski definition) is 3. The predicted molar refractivity (Wildman–Crippen MR) is 98.0 cm³/mol. The summed E-state index contributed by atoms with van der Waals surface area (Å²) in [6.45, 7) is 0.547. The van der Waals surface area contributed by atoms with E-state index in [1.807, 2.05) is 0 Å². The normalized spacial score (nSPS) is 14.9. The molecule has 1 aromatic heterocycles. The highest BCUT2D eigenvalue weighted by Gasteiger charge is 2.15. The van der Waals surface area contributed by atoms with Crippen LogP contribution in [-0.4, -0.2) is 36.9 Å². The number of rotatable bonds is 9. The van der Waals surface area contributed by atoms with Gasteiger partial charge in [0.05, 0.1) is 6.26 Å². The molecule has 7 heteroatoms. The van der Waals surface area contributed by atoms with E-state index in [0.29, 0.717) is 12.3 Å². The van der Waals surface area contributed by atoms with E-state index in [9.17, 15) is 14.4 Å². The van der Waals surface area contributed by atoms with E-state index in [1.165, 1.54) is 31.6 Å². The molecule has 0 atom stereocenters. The van der Waals surface area contributed by atoms with Crippen LogP contribution in [0.1, 0.15) is 50.7 Å². The first-order chi connectivity index (χ1) is 12.6. The Bertz CT molecular complexity index is 604. The van der Waals surface area contributed by atoms with Gasteiger partial charge in [-0.1, -0.05) is 19.3 Å². The molecule has 1 saturated carbocycles. The van der Waals surface area contributed by atoms with Crippen LogP contribution in [0.3, 0.4) is 0 Å². The second-order valence-electron chi connectivity index (χ2n) is 6.39. The standard InChI is InChI=1S/C19H27N3O4/c23-17(9-8-16-7-4-14-26-16)20-12-10-18(24)21-13-11-19(25)22-15-5-2-1-3-6-15/h4,7-9,14-15H,1-3,5-6,10-13H2,(H,20,23)(H,21,24)(H,22,25)/b9-8+. The maximum absolute atomic E-state index is 11.8. The summed E-state index contributed by atoms with van der Waals surface area (Å²) >= 11 is 0. The quantitative estimate of drug-likeness (QED) is 0.583. The minimum atomic E-state index is -0.291. The van der Waals surface area contributed by atoms with Crippen molar-refractivity contribution in [1.29, 1.82) is 0 Å². The van der Waals surface area contributed by atoms with Gasteiger partial charge in [-0.2, -0.15) is 0 Å². The van der Waals surface area contributed by atoms with Gasteiger partial charge < -0.3 is 20.4 Å². The lowest BCUT2D eigenvalue weighted by Crippen LogP contribution is -2.38. The molecule has 1 fully saturated rings. The van der Waals surface area contributed by atoms with Crippen molar-refractivity contribution in [2.75, 3.05) is 13.1 Å². The third-order valence-corrected chi connectivity index (χ3v) is 4.24. The highest BCUT2D eigenvalue weighted by molar-refractivity contribution is 5.91. The number of nitrogens with one attached hydrogen (secondary N) is 3. The van der Waals surface area contributed by atoms with Gasteiger partial charge in [0, 0.05) is 38.0 Å². The summed E-state index contributed by atoms with van der Waals surface area (Å²) in [5.74, 6) is 0.0878. The second kappa shape index (κ2) is 11.1. The van der Waals surface area contributed by atoms with Gasteiger partial charge in [0.2, 0.25) is 17.7 Å². The molecule has 1 aliphatic rings. The minimum Gasteiger partial charge on any atom is -0.465 e. The summed E-state index contributed by atoms with van der Waals surface area (Å²) in [5.41, 5.74) is 0. The average Bonchev–Trinajstić information content (AvgIpc) is 3.14. The van der Waals surface area contributed by atoms with Gasteiger partial charge >= 0.3 is 0 Å². The summed E-state index contributed by atoms with van der Waals surface area (Å²) in [5, 5.41) is 8.33. The Morgan fingerprint density at radius 2 is 1.77 bits per heavy atom. The zero-order valence-electron chi connectivity index (χ0n) is 15.0. The average molecular weight is 361 g/mol. The smallest absolute Gasteiger partial charge is 0.244 e. The zero-order valence-corrected chi connectivity index (χ0v) is 15.0. The van der Waals surface area contributed by atoms with Crippen molar-refractivity contribution in [2.45, 2.75) is 51.0 Å². The summed E-state index contributed by atoms with van der Waals surface area (Å²) in [6.07, 6.45) is 10.6. The van der Waals surface area contributed by atoms with Crippen molar-refractivity contribution < 1.29 is 18.8 Å². The summed E-state index contributed by atoms with van der Waals surface area (Å²) in [7, 11) is 0. The van der Waals surface area contributed by atoms with E-state index in [0.717, 1.165) is 12.8 Å². The fourth-order valence-electron chi connectivity index (χ4n) is 2.85. The van der Waals surface area contributed by atoms with Gasteiger partial charge in [0.1, 0.15) is 5.76 Å². The Morgan fingerprint density at radius 3 is 2.50 bits per heavy atom. The lowest BCUT2D eigenvalue weighted by Gasteiger charge is -2.22. The maximum atomic E-state index is 11.8. The Morgan fingerprint density at radius 1 is 1.04 bits per heavy atom. The second-order valence-corrected chi connectivity index (χ2v) is 6.39. The zero-order chi connectivity index (χ0) is 18.6. The van der Waals surface area contributed by atoms with E-state index in [2.05, 4.69) is 16.0 Å². The van der Waals surface area contributed by atoms with Gasteiger partial charge in [0.25, 0.3) is 0 Å². The number of furan rings is 1. The van der Waals surface area contributed by atoms with Crippen molar-refractivity contribution in [3.05, 3.63) is 30.2 Å². The number of hydrogen-bond acceptors (Lipinski definition) is 4. The van der Waals surface area contributed by atoms with Crippen LogP contribution in [0.15, 0.2) is 28.9 Å². The van der Waals surface area contributed by atoms with Crippen molar-refractivity contribution in [3.8, 4) is 0 Å². The molecule has 0 aliphatic heterocycles. The lowest BCUT2D eigenvalue weighted by molar-refractivity contribution is -0.122. The van der Waals surface area contributed by atoms with E-state index in [-0.39, 0.29) is 43.1 Å². The molecule has 0 unspecified atom stereocenters. The SMILES string of the molecule is O=C(/C=C/c1ccco1)NCCC(=O)NCCC(=O)NC1CCCCC1. The molecular formula is C19H27N3O4. The van der Waals surface area contributed by atoms with E-state index in [1.54, 1.807) is 18.2 Å².